The van der Waals surface area contributed by atoms with Crippen LogP contribution in [0.5, 0.6) is 0 Å². The minimum Gasteiger partial charge on any atom is -0.314 e. The lowest BCUT2D eigenvalue weighted by Crippen LogP contribution is -2.17. The SMILES string of the molecule is Cn1nnnc1SCCCCNC1CC1. The molecule has 0 atom stereocenters. The first kappa shape index (κ1) is 10.9. The Balaban J connectivity index is 1.49. The number of aromatic nitrogens is 4. The minimum absolute atomic E-state index is 0.834. The van der Waals surface area contributed by atoms with Gasteiger partial charge in [-0.25, -0.2) is 4.68 Å². The summed E-state index contributed by atoms with van der Waals surface area (Å²) in [7, 11) is 1.87. The molecule has 1 fully saturated rings. The normalized spacial score (nSPS) is 15.8. The zero-order valence-electron chi connectivity index (χ0n) is 9.02. The third-order valence-corrected chi connectivity index (χ3v) is 3.49. The van der Waals surface area contributed by atoms with E-state index in [9.17, 15) is 0 Å². The Kier molecular flexibility index (Phi) is 3.96. The molecule has 0 saturated heterocycles. The summed E-state index contributed by atoms with van der Waals surface area (Å²) >= 11 is 1.73. The summed E-state index contributed by atoms with van der Waals surface area (Å²) < 4.78 is 1.72. The third kappa shape index (κ3) is 3.79. The van der Waals surface area contributed by atoms with Crippen LogP contribution in [0, 0.1) is 0 Å². The highest BCUT2D eigenvalue weighted by atomic mass is 32.2. The summed E-state index contributed by atoms with van der Waals surface area (Å²) in [5.41, 5.74) is 0. The van der Waals surface area contributed by atoms with E-state index in [-0.39, 0.29) is 0 Å². The van der Waals surface area contributed by atoms with E-state index < -0.39 is 0 Å². The predicted octanol–water partition coefficient (Wildman–Crippen LogP) is 0.834. The number of tetrazole rings is 1. The van der Waals surface area contributed by atoms with E-state index in [0.717, 1.165) is 23.5 Å². The standard InChI is InChI=1S/C9H17N5S/c1-14-9(11-12-13-14)15-7-3-2-6-10-8-4-5-8/h8,10H,2-7H2,1H3. The lowest BCUT2D eigenvalue weighted by atomic mass is 10.3. The van der Waals surface area contributed by atoms with E-state index in [1.54, 1.807) is 16.4 Å². The number of unbranched alkanes of at least 4 members (excludes halogenated alkanes) is 1. The molecule has 1 aromatic heterocycles. The zero-order valence-corrected chi connectivity index (χ0v) is 9.83. The Hall–Kier alpha value is -0.620. The Morgan fingerprint density at radius 1 is 1.47 bits per heavy atom. The van der Waals surface area contributed by atoms with Crippen molar-refractivity contribution in [1.82, 2.24) is 25.5 Å². The first-order valence-corrected chi connectivity index (χ1v) is 6.43. The van der Waals surface area contributed by atoms with Gasteiger partial charge in [0.1, 0.15) is 0 Å². The van der Waals surface area contributed by atoms with Gasteiger partial charge in [0, 0.05) is 18.8 Å². The topological polar surface area (TPSA) is 55.6 Å². The number of hydrogen-bond donors (Lipinski definition) is 1. The van der Waals surface area contributed by atoms with E-state index in [4.69, 9.17) is 0 Å². The fourth-order valence-corrected chi connectivity index (χ4v) is 2.18. The highest BCUT2D eigenvalue weighted by molar-refractivity contribution is 7.99. The Morgan fingerprint density at radius 3 is 3.00 bits per heavy atom. The highest BCUT2D eigenvalue weighted by Gasteiger charge is 2.19. The maximum Gasteiger partial charge on any atom is 0.209 e. The van der Waals surface area contributed by atoms with Crippen molar-refractivity contribution in [2.24, 2.45) is 7.05 Å². The number of hydrogen-bond acceptors (Lipinski definition) is 5. The highest BCUT2D eigenvalue weighted by Crippen LogP contribution is 2.18. The van der Waals surface area contributed by atoms with Gasteiger partial charge in [-0.3, -0.25) is 0 Å². The first-order valence-electron chi connectivity index (χ1n) is 5.45. The number of aryl methyl sites for hydroxylation is 1. The lowest BCUT2D eigenvalue weighted by Gasteiger charge is -2.01. The molecule has 1 saturated carbocycles. The van der Waals surface area contributed by atoms with Crippen LogP contribution in [0.4, 0.5) is 0 Å². The molecule has 1 aromatic rings. The van der Waals surface area contributed by atoms with Gasteiger partial charge >= 0.3 is 0 Å². The van der Waals surface area contributed by atoms with Crippen LogP contribution < -0.4 is 5.32 Å². The molecule has 1 heterocycles. The van der Waals surface area contributed by atoms with E-state index in [2.05, 4.69) is 20.8 Å². The van der Waals surface area contributed by atoms with Crippen molar-refractivity contribution < 1.29 is 0 Å². The molecule has 0 spiro atoms. The molecule has 5 nitrogen and oxygen atoms in total. The molecular weight excluding hydrogens is 210 g/mol. The Morgan fingerprint density at radius 2 is 2.33 bits per heavy atom. The van der Waals surface area contributed by atoms with Gasteiger partial charge in [-0.15, -0.1) is 5.10 Å². The molecule has 84 valence electrons. The van der Waals surface area contributed by atoms with E-state index >= 15 is 0 Å². The molecule has 6 heteroatoms. The summed E-state index contributed by atoms with van der Waals surface area (Å²) in [6, 6.07) is 0.834. The number of nitrogens with one attached hydrogen (secondary N) is 1. The average molecular weight is 227 g/mol. The number of nitrogens with zero attached hydrogens (tertiary/aromatic N) is 4. The molecule has 0 unspecified atom stereocenters. The maximum atomic E-state index is 3.92. The van der Waals surface area contributed by atoms with E-state index in [1.165, 1.54) is 25.7 Å². The van der Waals surface area contributed by atoms with Gasteiger partial charge < -0.3 is 5.32 Å². The van der Waals surface area contributed by atoms with Crippen molar-refractivity contribution >= 4 is 11.8 Å². The van der Waals surface area contributed by atoms with Crippen molar-refractivity contribution in [3.8, 4) is 0 Å². The van der Waals surface area contributed by atoms with Crippen LogP contribution in [0.1, 0.15) is 25.7 Å². The van der Waals surface area contributed by atoms with Crippen LogP contribution in [0.3, 0.4) is 0 Å². The van der Waals surface area contributed by atoms with Crippen LogP contribution in [0.2, 0.25) is 0 Å². The predicted molar refractivity (Wildman–Crippen MR) is 59.8 cm³/mol. The smallest absolute Gasteiger partial charge is 0.209 e. The Labute approximate surface area is 94.0 Å². The second-order valence-electron chi connectivity index (χ2n) is 3.87. The van der Waals surface area contributed by atoms with Crippen LogP contribution in [0.15, 0.2) is 5.16 Å². The molecule has 2 rings (SSSR count). The summed E-state index contributed by atoms with van der Waals surface area (Å²) in [5.74, 6) is 1.10. The van der Waals surface area contributed by atoms with E-state index in [0.29, 0.717) is 0 Å². The van der Waals surface area contributed by atoms with Gasteiger partial charge in [0.15, 0.2) is 0 Å². The number of rotatable bonds is 7. The summed E-state index contributed by atoms with van der Waals surface area (Å²) in [6.07, 6.45) is 5.21. The molecule has 0 aliphatic heterocycles. The molecule has 0 bridgehead atoms. The van der Waals surface area contributed by atoms with Crippen LogP contribution in [0.25, 0.3) is 0 Å². The summed E-state index contributed by atoms with van der Waals surface area (Å²) in [4.78, 5) is 0. The minimum atomic E-state index is 0.834. The quantitative estimate of drug-likeness (QED) is 0.552. The summed E-state index contributed by atoms with van der Waals surface area (Å²) in [6.45, 7) is 1.16. The molecule has 0 aromatic carbocycles. The molecular formula is C9H17N5S. The van der Waals surface area contributed by atoms with Crippen molar-refractivity contribution in [2.75, 3.05) is 12.3 Å². The molecule has 0 radical (unpaired) electrons. The largest absolute Gasteiger partial charge is 0.314 e. The lowest BCUT2D eigenvalue weighted by molar-refractivity contribution is 0.638. The summed E-state index contributed by atoms with van der Waals surface area (Å²) in [5, 5.41) is 15.7. The molecule has 15 heavy (non-hydrogen) atoms. The van der Waals surface area contributed by atoms with Gasteiger partial charge in [-0.1, -0.05) is 11.8 Å². The van der Waals surface area contributed by atoms with Crippen molar-refractivity contribution in [3.05, 3.63) is 0 Å². The zero-order chi connectivity index (χ0) is 10.5. The third-order valence-electron chi connectivity index (χ3n) is 2.39. The maximum absolute atomic E-state index is 3.92. The van der Waals surface area contributed by atoms with Gasteiger partial charge in [0.05, 0.1) is 0 Å². The van der Waals surface area contributed by atoms with Crippen LogP contribution in [-0.2, 0) is 7.05 Å². The average Bonchev–Trinajstić information content (AvgIpc) is 2.96. The van der Waals surface area contributed by atoms with Crippen LogP contribution >= 0.6 is 11.8 Å². The van der Waals surface area contributed by atoms with Gasteiger partial charge in [-0.05, 0) is 42.7 Å². The second-order valence-corrected chi connectivity index (χ2v) is 4.93. The fourth-order valence-electron chi connectivity index (χ4n) is 1.33. The molecule has 1 N–H and O–H groups in total. The van der Waals surface area contributed by atoms with Crippen molar-refractivity contribution in [1.29, 1.82) is 0 Å². The number of thioether (sulfide) groups is 1. The van der Waals surface area contributed by atoms with Gasteiger partial charge in [0.2, 0.25) is 5.16 Å². The van der Waals surface area contributed by atoms with E-state index in [1.807, 2.05) is 7.05 Å². The monoisotopic (exact) mass is 227 g/mol. The van der Waals surface area contributed by atoms with Crippen LogP contribution in [-0.4, -0.2) is 38.5 Å². The first-order chi connectivity index (χ1) is 7.36. The van der Waals surface area contributed by atoms with Crippen molar-refractivity contribution in [3.63, 3.8) is 0 Å². The molecule has 1 aliphatic rings. The Bertz CT molecular complexity index is 296. The van der Waals surface area contributed by atoms with Gasteiger partial charge in [0.25, 0.3) is 0 Å². The second kappa shape index (κ2) is 5.46. The van der Waals surface area contributed by atoms with Crippen molar-refractivity contribution in [2.45, 2.75) is 36.9 Å². The fraction of sp³-hybridized carbons (Fsp3) is 0.889. The molecule has 0 amide bonds. The molecule has 1 aliphatic carbocycles. The van der Waals surface area contributed by atoms with Gasteiger partial charge in [-0.2, -0.15) is 0 Å².